The fourth-order valence-electron chi connectivity index (χ4n) is 1.34. The molecular weight excluding hydrogens is 260 g/mol. The van der Waals surface area contributed by atoms with Gasteiger partial charge in [0.2, 0.25) is 5.89 Å². The zero-order chi connectivity index (χ0) is 13.0. The van der Waals surface area contributed by atoms with Crippen LogP contribution in [-0.2, 0) is 6.42 Å². The van der Waals surface area contributed by atoms with Crippen LogP contribution in [0, 0.1) is 0 Å². The van der Waals surface area contributed by atoms with Crippen LogP contribution in [-0.4, -0.2) is 32.7 Å². The molecule has 0 saturated heterocycles. The maximum Gasteiger partial charge on any atom is 0.339 e. The predicted molar refractivity (Wildman–Crippen MR) is 62.7 cm³/mol. The molecule has 0 amide bonds. The molecule has 0 aliphatic rings. The standard InChI is InChI=1S/C10H9ClN4O3/c11-7-2-1-6(10(16)17)9(15-7)12-4-3-8-13-5-14-18-8/h1-2,5H,3-4H2,(H,12,15)(H,16,17). The van der Waals surface area contributed by atoms with Gasteiger partial charge in [-0.2, -0.15) is 4.98 Å². The lowest BCUT2D eigenvalue weighted by molar-refractivity contribution is 0.0697. The number of pyridine rings is 1. The lowest BCUT2D eigenvalue weighted by Crippen LogP contribution is -2.11. The molecule has 0 spiro atoms. The van der Waals surface area contributed by atoms with Gasteiger partial charge >= 0.3 is 5.97 Å². The number of carboxylic acids is 1. The number of carboxylic acid groups (broad SMARTS) is 1. The van der Waals surface area contributed by atoms with Crippen LogP contribution in [0.25, 0.3) is 0 Å². The van der Waals surface area contributed by atoms with Gasteiger partial charge in [0.25, 0.3) is 0 Å². The van der Waals surface area contributed by atoms with E-state index in [2.05, 4.69) is 20.4 Å². The van der Waals surface area contributed by atoms with Crippen LogP contribution in [0.5, 0.6) is 0 Å². The maximum absolute atomic E-state index is 11.0. The van der Waals surface area contributed by atoms with E-state index in [-0.39, 0.29) is 16.5 Å². The Morgan fingerprint density at radius 2 is 2.33 bits per heavy atom. The Labute approximate surface area is 107 Å². The topological polar surface area (TPSA) is 101 Å². The van der Waals surface area contributed by atoms with Crippen LogP contribution < -0.4 is 5.32 Å². The number of anilines is 1. The van der Waals surface area contributed by atoms with Crippen molar-refractivity contribution in [3.8, 4) is 0 Å². The predicted octanol–water partition coefficient (Wildman–Crippen LogP) is 1.47. The molecule has 2 heterocycles. The highest BCUT2D eigenvalue weighted by atomic mass is 35.5. The molecule has 0 fully saturated rings. The molecular formula is C10H9ClN4O3. The van der Waals surface area contributed by atoms with Gasteiger partial charge in [0.15, 0.2) is 6.33 Å². The summed E-state index contributed by atoms with van der Waals surface area (Å²) in [4.78, 5) is 18.7. The van der Waals surface area contributed by atoms with E-state index in [1.165, 1.54) is 18.5 Å². The largest absolute Gasteiger partial charge is 0.478 e. The average molecular weight is 269 g/mol. The van der Waals surface area contributed by atoms with Gasteiger partial charge in [-0.3, -0.25) is 0 Å². The third-order valence-corrected chi connectivity index (χ3v) is 2.34. The van der Waals surface area contributed by atoms with Gasteiger partial charge in [-0.15, -0.1) is 0 Å². The minimum atomic E-state index is -1.07. The van der Waals surface area contributed by atoms with Crippen LogP contribution >= 0.6 is 11.6 Å². The van der Waals surface area contributed by atoms with Crippen molar-refractivity contribution in [3.05, 3.63) is 35.1 Å². The van der Waals surface area contributed by atoms with Crippen molar-refractivity contribution < 1.29 is 14.4 Å². The summed E-state index contributed by atoms with van der Waals surface area (Å²) in [5, 5.41) is 15.5. The van der Waals surface area contributed by atoms with Crippen LogP contribution in [0.2, 0.25) is 5.15 Å². The lowest BCUT2D eigenvalue weighted by atomic mass is 10.2. The highest BCUT2D eigenvalue weighted by Crippen LogP contribution is 2.16. The van der Waals surface area contributed by atoms with Gasteiger partial charge in [0, 0.05) is 13.0 Å². The number of halogens is 1. The molecule has 2 aromatic rings. The summed E-state index contributed by atoms with van der Waals surface area (Å²) in [6, 6.07) is 2.82. The van der Waals surface area contributed by atoms with E-state index in [0.717, 1.165) is 0 Å². The van der Waals surface area contributed by atoms with Crippen LogP contribution in [0.3, 0.4) is 0 Å². The molecule has 2 rings (SSSR count). The van der Waals surface area contributed by atoms with E-state index in [1.807, 2.05) is 0 Å². The second-order valence-corrected chi connectivity index (χ2v) is 3.73. The van der Waals surface area contributed by atoms with E-state index >= 15 is 0 Å². The van der Waals surface area contributed by atoms with Crippen molar-refractivity contribution in [1.82, 2.24) is 15.1 Å². The van der Waals surface area contributed by atoms with Crippen LogP contribution in [0.15, 0.2) is 23.0 Å². The number of hydrogen-bond donors (Lipinski definition) is 2. The number of rotatable bonds is 5. The first-order valence-corrected chi connectivity index (χ1v) is 5.44. The van der Waals surface area contributed by atoms with Crippen molar-refractivity contribution in [2.45, 2.75) is 6.42 Å². The summed E-state index contributed by atoms with van der Waals surface area (Å²) in [6.45, 7) is 0.413. The Balaban J connectivity index is 2.03. The van der Waals surface area contributed by atoms with E-state index in [0.29, 0.717) is 18.9 Å². The smallest absolute Gasteiger partial charge is 0.339 e. The third kappa shape index (κ3) is 2.95. The summed E-state index contributed by atoms with van der Waals surface area (Å²) in [5.74, 6) is -0.393. The van der Waals surface area contributed by atoms with Gasteiger partial charge in [-0.05, 0) is 12.1 Å². The highest BCUT2D eigenvalue weighted by Gasteiger charge is 2.11. The zero-order valence-electron chi connectivity index (χ0n) is 9.13. The summed E-state index contributed by atoms with van der Waals surface area (Å²) in [6.07, 6.45) is 1.77. The Bertz CT molecular complexity index is 544. The summed E-state index contributed by atoms with van der Waals surface area (Å²) in [7, 11) is 0. The number of carbonyl (C=O) groups is 1. The Morgan fingerprint density at radius 3 is 3.00 bits per heavy atom. The molecule has 2 aromatic heterocycles. The van der Waals surface area contributed by atoms with Crippen molar-refractivity contribution >= 4 is 23.4 Å². The third-order valence-electron chi connectivity index (χ3n) is 2.13. The van der Waals surface area contributed by atoms with E-state index in [9.17, 15) is 4.79 Å². The van der Waals surface area contributed by atoms with Crippen LogP contribution in [0.4, 0.5) is 5.82 Å². The number of aromatic nitrogens is 3. The molecule has 0 saturated carbocycles. The molecule has 0 atom stereocenters. The van der Waals surface area contributed by atoms with E-state index in [1.54, 1.807) is 0 Å². The van der Waals surface area contributed by atoms with E-state index in [4.69, 9.17) is 21.2 Å². The normalized spacial score (nSPS) is 10.3. The Hall–Kier alpha value is -2.15. The number of hydrogen-bond acceptors (Lipinski definition) is 6. The van der Waals surface area contributed by atoms with Crippen molar-refractivity contribution in [1.29, 1.82) is 0 Å². The Kier molecular flexibility index (Phi) is 3.73. The second-order valence-electron chi connectivity index (χ2n) is 3.35. The zero-order valence-corrected chi connectivity index (χ0v) is 9.89. The van der Waals surface area contributed by atoms with Crippen molar-refractivity contribution in [2.24, 2.45) is 0 Å². The van der Waals surface area contributed by atoms with Gasteiger partial charge in [-0.25, -0.2) is 9.78 Å². The highest BCUT2D eigenvalue weighted by molar-refractivity contribution is 6.29. The summed E-state index contributed by atoms with van der Waals surface area (Å²) in [5.41, 5.74) is 0.0601. The molecule has 0 bridgehead atoms. The second kappa shape index (κ2) is 5.46. The monoisotopic (exact) mass is 268 g/mol. The first-order valence-electron chi connectivity index (χ1n) is 5.06. The molecule has 8 heteroatoms. The van der Waals surface area contributed by atoms with Gasteiger partial charge in [0.05, 0.1) is 0 Å². The SMILES string of the molecule is O=C(O)c1ccc(Cl)nc1NCCc1ncno1. The fraction of sp³-hybridized carbons (Fsp3) is 0.200. The molecule has 94 valence electrons. The number of nitrogens with one attached hydrogen (secondary N) is 1. The van der Waals surface area contributed by atoms with Gasteiger partial charge < -0.3 is 14.9 Å². The minimum Gasteiger partial charge on any atom is -0.478 e. The number of nitrogens with zero attached hydrogens (tertiary/aromatic N) is 3. The summed E-state index contributed by atoms with van der Waals surface area (Å²) < 4.78 is 4.81. The molecule has 0 radical (unpaired) electrons. The molecule has 18 heavy (non-hydrogen) atoms. The first-order chi connectivity index (χ1) is 8.66. The van der Waals surface area contributed by atoms with Gasteiger partial charge in [-0.1, -0.05) is 16.8 Å². The molecule has 7 nitrogen and oxygen atoms in total. The molecule has 0 aliphatic heterocycles. The maximum atomic E-state index is 11.0. The number of aromatic carboxylic acids is 1. The van der Waals surface area contributed by atoms with Crippen molar-refractivity contribution in [3.63, 3.8) is 0 Å². The molecule has 2 N–H and O–H groups in total. The van der Waals surface area contributed by atoms with Crippen molar-refractivity contribution in [2.75, 3.05) is 11.9 Å². The molecule has 0 aliphatic carbocycles. The quantitative estimate of drug-likeness (QED) is 0.792. The lowest BCUT2D eigenvalue weighted by Gasteiger charge is -2.07. The average Bonchev–Trinajstić information content (AvgIpc) is 2.82. The summed E-state index contributed by atoms with van der Waals surface area (Å²) >= 11 is 5.72. The van der Waals surface area contributed by atoms with Gasteiger partial charge in [0.1, 0.15) is 16.5 Å². The molecule has 0 unspecified atom stereocenters. The fourth-order valence-corrected chi connectivity index (χ4v) is 1.48. The van der Waals surface area contributed by atoms with Crippen LogP contribution in [0.1, 0.15) is 16.2 Å². The molecule has 0 aromatic carbocycles. The minimum absolute atomic E-state index is 0.0601. The van der Waals surface area contributed by atoms with E-state index < -0.39 is 5.97 Å². The Morgan fingerprint density at radius 1 is 1.50 bits per heavy atom. The first kappa shape index (κ1) is 12.3.